The second kappa shape index (κ2) is 8.16. The smallest absolute Gasteiger partial charge is 0.203 e. The average Bonchev–Trinajstić information content (AvgIpc) is 3.46. The number of nitrogens with one attached hydrogen (secondary N) is 2. The van der Waals surface area contributed by atoms with Gasteiger partial charge in [-0.05, 0) is 24.3 Å². The van der Waals surface area contributed by atoms with Crippen molar-refractivity contribution in [1.82, 2.24) is 15.0 Å². The van der Waals surface area contributed by atoms with Gasteiger partial charge in [-0.3, -0.25) is 4.79 Å². The van der Waals surface area contributed by atoms with Crippen LogP contribution in [0.15, 0.2) is 55.0 Å². The van der Waals surface area contributed by atoms with Crippen molar-refractivity contribution < 1.29 is 19.0 Å². The zero-order valence-corrected chi connectivity index (χ0v) is 16.9. The predicted octanol–water partition coefficient (Wildman–Crippen LogP) is 4.34. The van der Waals surface area contributed by atoms with Gasteiger partial charge in [0.2, 0.25) is 5.75 Å². The Labute approximate surface area is 173 Å². The maximum atomic E-state index is 13.6. The molecule has 0 fully saturated rings. The Morgan fingerprint density at radius 3 is 2.37 bits per heavy atom. The van der Waals surface area contributed by atoms with E-state index < -0.39 is 0 Å². The standard InChI is InChI=1S/C23H21N3O4/c1-28-19-11-14(12-20(29-2)22(19)30-3)21(27)17(23-24-8-9-25-23)10-15-13-26-18-7-5-4-6-16(15)18/h4-13,26H,1-3H3,(H,24,25). The Morgan fingerprint density at radius 2 is 1.73 bits per heavy atom. The molecule has 0 bridgehead atoms. The molecule has 0 aliphatic rings. The number of ether oxygens (including phenoxy) is 3. The molecular formula is C23H21N3O4. The molecule has 2 aromatic carbocycles. The van der Waals surface area contributed by atoms with Gasteiger partial charge in [0, 0.05) is 40.6 Å². The molecule has 7 heteroatoms. The third-order valence-electron chi connectivity index (χ3n) is 4.85. The van der Waals surface area contributed by atoms with Crippen LogP contribution in [0.25, 0.3) is 22.6 Å². The topological polar surface area (TPSA) is 89.2 Å². The number of hydrogen-bond donors (Lipinski definition) is 2. The number of allylic oxidation sites excluding steroid dienone is 1. The molecule has 0 saturated heterocycles. The van der Waals surface area contributed by atoms with Gasteiger partial charge in [0.1, 0.15) is 5.82 Å². The minimum atomic E-state index is -0.227. The summed E-state index contributed by atoms with van der Waals surface area (Å²) in [4.78, 5) is 24.1. The van der Waals surface area contributed by atoms with Crippen LogP contribution in [0.3, 0.4) is 0 Å². The van der Waals surface area contributed by atoms with Crippen LogP contribution >= 0.6 is 0 Å². The normalized spacial score (nSPS) is 11.5. The molecule has 7 nitrogen and oxygen atoms in total. The fraction of sp³-hybridized carbons (Fsp3) is 0.130. The molecule has 2 heterocycles. The third kappa shape index (κ3) is 3.41. The largest absolute Gasteiger partial charge is 0.493 e. The molecule has 0 spiro atoms. The van der Waals surface area contributed by atoms with E-state index in [0.29, 0.717) is 34.2 Å². The Bertz CT molecular complexity index is 1200. The van der Waals surface area contributed by atoms with Crippen molar-refractivity contribution in [3.63, 3.8) is 0 Å². The van der Waals surface area contributed by atoms with Crippen molar-refractivity contribution in [1.29, 1.82) is 0 Å². The summed E-state index contributed by atoms with van der Waals surface area (Å²) in [5.74, 6) is 1.49. The lowest BCUT2D eigenvalue weighted by molar-refractivity contribution is 0.105. The van der Waals surface area contributed by atoms with E-state index in [2.05, 4.69) is 15.0 Å². The summed E-state index contributed by atoms with van der Waals surface area (Å²) in [6, 6.07) is 11.2. The van der Waals surface area contributed by atoms with Crippen molar-refractivity contribution in [2.75, 3.05) is 21.3 Å². The molecule has 0 unspecified atom stereocenters. The van der Waals surface area contributed by atoms with Gasteiger partial charge in [-0.15, -0.1) is 0 Å². The van der Waals surface area contributed by atoms with Gasteiger partial charge >= 0.3 is 0 Å². The number of imidazole rings is 1. The molecule has 4 aromatic rings. The van der Waals surface area contributed by atoms with Crippen molar-refractivity contribution in [3.05, 3.63) is 71.9 Å². The van der Waals surface area contributed by atoms with Crippen LogP contribution in [-0.4, -0.2) is 42.1 Å². The third-order valence-corrected chi connectivity index (χ3v) is 4.85. The highest BCUT2D eigenvalue weighted by Gasteiger charge is 2.22. The lowest BCUT2D eigenvalue weighted by Gasteiger charge is -2.14. The first kappa shape index (κ1) is 19.3. The Balaban J connectivity index is 1.86. The quantitative estimate of drug-likeness (QED) is 0.354. The summed E-state index contributed by atoms with van der Waals surface area (Å²) in [5, 5.41) is 1.01. The van der Waals surface area contributed by atoms with Crippen LogP contribution in [0.4, 0.5) is 0 Å². The number of nitrogens with zero attached hydrogens (tertiary/aromatic N) is 1. The number of hydrogen-bond acceptors (Lipinski definition) is 5. The number of carbonyl (C=O) groups is 1. The molecule has 0 radical (unpaired) electrons. The number of ketones is 1. The Hall–Kier alpha value is -4.00. The average molecular weight is 403 g/mol. The molecule has 0 saturated carbocycles. The molecule has 0 amide bonds. The lowest BCUT2D eigenvalue weighted by Crippen LogP contribution is -2.06. The number of benzene rings is 2. The number of Topliss-reactive ketones (excluding diaryl/α,β-unsaturated/α-hetero) is 1. The molecule has 30 heavy (non-hydrogen) atoms. The zero-order chi connectivity index (χ0) is 21.1. The van der Waals surface area contributed by atoms with E-state index in [9.17, 15) is 4.79 Å². The SMILES string of the molecule is COc1cc(C(=O)C(=Cc2c[nH]c3ccccc23)c2ncc[nH]2)cc(OC)c1OC. The van der Waals surface area contributed by atoms with E-state index in [-0.39, 0.29) is 5.78 Å². The van der Waals surface area contributed by atoms with Gasteiger partial charge in [-0.25, -0.2) is 4.98 Å². The molecule has 152 valence electrons. The maximum Gasteiger partial charge on any atom is 0.203 e. The zero-order valence-electron chi connectivity index (χ0n) is 16.9. The Morgan fingerprint density at radius 1 is 1.00 bits per heavy atom. The van der Waals surface area contributed by atoms with Gasteiger partial charge in [-0.1, -0.05) is 18.2 Å². The van der Waals surface area contributed by atoms with Crippen LogP contribution < -0.4 is 14.2 Å². The van der Waals surface area contributed by atoms with Gasteiger partial charge in [0.15, 0.2) is 17.3 Å². The fourth-order valence-corrected chi connectivity index (χ4v) is 3.39. The minimum Gasteiger partial charge on any atom is -0.493 e. The van der Waals surface area contributed by atoms with Gasteiger partial charge < -0.3 is 24.2 Å². The van der Waals surface area contributed by atoms with E-state index in [1.54, 1.807) is 24.5 Å². The summed E-state index contributed by atoms with van der Waals surface area (Å²) >= 11 is 0. The number of methoxy groups -OCH3 is 3. The molecule has 0 atom stereocenters. The fourth-order valence-electron chi connectivity index (χ4n) is 3.39. The first-order valence-electron chi connectivity index (χ1n) is 9.28. The lowest BCUT2D eigenvalue weighted by atomic mass is 9.99. The van der Waals surface area contributed by atoms with E-state index in [1.165, 1.54) is 21.3 Å². The van der Waals surface area contributed by atoms with Crippen LogP contribution in [0.2, 0.25) is 0 Å². The number of aromatic amines is 2. The number of H-pyrrole nitrogens is 2. The summed E-state index contributed by atoms with van der Waals surface area (Å²) < 4.78 is 16.2. The molecule has 4 rings (SSSR count). The monoisotopic (exact) mass is 403 g/mol. The predicted molar refractivity (Wildman–Crippen MR) is 115 cm³/mol. The van der Waals surface area contributed by atoms with Gasteiger partial charge in [-0.2, -0.15) is 0 Å². The van der Waals surface area contributed by atoms with Crippen LogP contribution in [0, 0.1) is 0 Å². The molecular weight excluding hydrogens is 382 g/mol. The first-order chi connectivity index (χ1) is 14.7. The van der Waals surface area contributed by atoms with E-state index in [4.69, 9.17) is 14.2 Å². The molecule has 2 aromatic heterocycles. The highest BCUT2D eigenvalue weighted by Crippen LogP contribution is 2.39. The van der Waals surface area contributed by atoms with Gasteiger partial charge in [0.25, 0.3) is 0 Å². The van der Waals surface area contributed by atoms with Crippen LogP contribution in [0.5, 0.6) is 17.2 Å². The molecule has 0 aliphatic carbocycles. The second-order valence-corrected chi connectivity index (χ2v) is 6.53. The maximum absolute atomic E-state index is 13.6. The van der Waals surface area contributed by atoms with Crippen molar-refractivity contribution >= 4 is 28.3 Å². The summed E-state index contributed by atoms with van der Waals surface area (Å²) in [6.07, 6.45) is 6.99. The number of rotatable bonds is 7. The van der Waals surface area contributed by atoms with E-state index in [1.807, 2.05) is 36.5 Å². The number of fused-ring (bicyclic) bond motifs is 1. The molecule has 0 aliphatic heterocycles. The molecule has 2 N–H and O–H groups in total. The highest BCUT2D eigenvalue weighted by molar-refractivity contribution is 6.32. The summed E-state index contributed by atoms with van der Waals surface area (Å²) in [7, 11) is 4.55. The highest BCUT2D eigenvalue weighted by atomic mass is 16.5. The minimum absolute atomic E-state index is 0.227. The summed E-state index contributed by atoms with van der Waals surface area (Å²) in [5.41, 5.74) is 2.69. The number of para-hydroxylation sites is 1. The van der Waals surface area contributed by atoms with Crippen molar-refractivity contribution in [2.45, 2.75) is 0 Å². The first-order valence-corrected chi connectivity index (χ1v) is 9.28. The van der Waals surface area contributed by atoms with Crippen molar-refractivity contribution in [3.8, 4) is 17.2 Å². The number of aromatic nitrogens is 3. The van der Waals surface area contributed by atoms with Crippen LogP contribution in [0.1, 0.15) is 21.7 Å². The van der Waals surface area contributed by atoms with E-state index >= 15 is 0 Å². The second-order valence-electron chi connectivity index (χ2n) is 6.53. The van der Waals surface area contributed by atoms with Crippen molar-refractivity contribution in [2.24, 2.45) is 0 Å². The summed E-state index contributed by atoms with van der Waals surface area (Å²) in [6.45, 7) is 0. The van der Waals surface area contributed by atoms with Crippen LogP contribution in [-0.2, 0) is 0 Å². The van der Waals surface area contributed by atoms with Gasteiger partial charge in [0.05, 0.1) is 26.9 Å². The number of carbonyl (C=O) groups excluding carboxylic acids is 1. The Kier molecular flexibility index (Phi) is 5.26. The van der Waals surface area contributed by atoms with E-state index in [0.717, 1.165) is 16.5 Å².